The van der Waals surface area contributed by atoms with Crippen LogP contribution in [0.3, 0.4) is 0 Å². The fourth-order valence-electron chi connectivity index (χ4n) is 1.49. The maximum Gasteiger partial charge on any atom is 0.121 e. The third-order valence-electron chi connectivity index (χ3n) is 2.41. The summed E-state index contributed by atoms with van der Waals surface area (Å²) in [5.74, 6) is 0.733. The Morgan fingerprint density at radius 1 is 1.50 bits per heavy atom. The first kappa shape index (κ1) is 12.6. The molecule has 0 aliphatic rings. The number of aliphatic hydroxyl groups excluding tert-OH is 1. The van der Waals surface area contributed by atoms with Crippen molar-refractivity contribution in [1.29, 1.82) is 0 Å². The number of nitrogens with two attached hydrogens (primary N) is 1. The smallest absolute Gasteiger partial charge is 0.121 e. The summed E-state index contributed by atoms with van der Waals surface area (Å²) >= 11 is 0. The van der Waals surface area contributed by atoms with Gasteiger partial charge in [0.25, 0.3) is 0 Å². The molecular weight excluding hydrogens is 204 g/mol. The molecule has 1 atom stereocenters. The molecule has 0 amide bonds. The van der Waals surface area contributed by atoms with E-state index >= 15 is 0 Å². The number of hydrogen-bond donors (Lipinski definition) is 3. The number of nitrogens with one attached hydrogen (secondary N) is 1. The Hall–Kier alpha value is -1.42. The highest BCUT2D eigenvalue weighted by molar-refractivity contribution is 5.68. The molecule has 0 fully saturated rings. The van der Waals surface area contributed by atoms with E-state index in [0.717, 1.165) is 24.3 Å². The largest absolute Gasteiger partial charge is 0.497 e. The number of benzene rings is 1. The Bertz CT molecular complexity index is 329. The van der Waals surface area contributed by atoms with Crippen LogP contribution < -0.4 is 15.8 Å². The molecule has 16 heavy (non-hydrogen) atoms. The summed E-state index contributed by atoms with van der Waals surface area (Å²) in [6.45, 7) is 2.56. The van der Waals surface area contributed by atoms with Crippen molar-refractivity contribution in [2.45, 2.75) is 25.9 Å². The van der Waals surface area contributed by atoms with Crippen LogP contribution in [0.5, 0.6) is 5.75 Å². The number of rotatable bonds is 6. The van der Waals surface area contributed by atoms with Crippen LogP contribution in [-0.2, 0) is 0 Å². The molecule has 1 unspecified atom stereocenters. The van der Waals surface area contributed by atoms with Crippen molar-refractivity contribution < 1.29 is 9.84 Å². The van der Waals surface area contributed by atoms with E-state index in [4.69, 9.17) is 10.5 Å². The van der Waals surface area contributed by atoms with Crippen LogP contribution in [0.4, 0.5) is 11.4 Å². The molecule has 0 radical (unpaired) electrons. The molecule has 90 valence electrons. The summed E-state index contributed by atoms with van der Waals surface area (Å²) in [6.07, 6.45) is 1.44. The molecule has 1 aromatic carbocycles. The first-order valence-corrected chi connectivity index (χ1v) is 5.52. The molecule has 4 heteroatoms. The Balaban J connectivity index is 2.54. The Labute approximate surface area is 96.4 Å². The van der Waals surface area contributed by atoms with E-state index in [2.05, 4.69) is 5.32 Å². The molecule has 0 aliphatic heterocycles. The Kier molecular flexibility index (Phi) is 4.92. The first-order chi connectivity index (χ1) is 7.67. The van der Waals surface area contributed by atoms with Gasteiger partial charge in [-0.15, -0.1) is 0 Å². The Morgan fingerprint density at radius 3 is 2.81 bits per heavy atom. The van der Waals surface area contributed by atoms with Crippen molar-refractivity contribution in [2.75, 3.05) is 24.7 Å². The van der Waals surface area contributed by atoms with E-state index in [1.54, 1.807) is 13.2 Å². The lowest BCUT2D eigenvalue weighted by Crippen LogP contribution is -2.19. The lowest BCUT2D eigenvalue weighted by atomic mass is 10.2. The van der Waals surface area contributed by atoms with Crippen molar-refractivity contribution in [3.63, 3.8) is 0 Å². The number of nitrogen functional groups attached to an aromatic ring is 1. The fourth-order valence-corrected chi connectivity index (χ4v) is 1.49. The SMILES string of the molecule is CCCC(O)CNc1ccc(OC)cc1N. The molecule has 0 aliphatic carbocycles. The zero-order chi connectivity index (χ0) is 12.0. The van der Waals surface area contributed by atoms with Gasteiger partial charge in [0.2, 0.25) is 0 Å². The van der Waals surface area contributed by atoms with Gasteiger partial charge in [0.05, 0.1) is 24.6 Å². The summed E-state index contributed by atoms with van der Waals surface area (Å²) in [6, 6.07) is 5.45. The second-order valence-electron chi connectivity index (χ2n) is 3.78. The summed E-state index contributed by atoms with van der Waals surface area (Å²) in [4.78, 5) is 0. The van der Waals surface area contributed by atoms with E-state index in [-0.39, 0.29) is 6.10 Å². The van der Waals surface area contributed by atoms with E-state index in [0.29, 0.717) is 12.2 Å². The standard InChI is InChI=1S/C12H20N2O2/c1-3-4-9(15)8-14-12-6-5-10(16-2)7-11(12)13/h5-7,9,14-15H,3-4,8,13H2,1-2H3. The minimum Gasteiger partial charge on any atom is -0.497 e. The van der Waals surface area contributed by atoms with Crippen LogP contribution in [0.2, 0.25) is 0 Å². The summed E-state index contributed by atoms with van der Waals surface area (Å²) < 4.78 is 5.06. The third kappa shape index (κ3) is 3.62. The molecule has 1 aromatic rings. The minimum atomic E-state index is -0.327. The lowest BCUT2D eigenvalue weighted by Gasteiger charge is -2.14. The van der Waals surface area contributed by atoms with Crippen molar-refractivity contribution in [2.24, 2.45) is 0 Å². The van der Waals surface area contributed by atoms with Gasteiger partial charge in [-0.1, -0.05) is 13.3 Å². The van der Waals surface area contributed by atoms with Gasteiger partial charge < -0.3 is 20.9 Å². The summed E-state index contributed by atoms with van der Waals surface area (Å²) in [7, 11) is 1.60. The number of aliphatic hydroxyl groups is 1. The molecular formula is C12H20N2O2. The van der Waals surface area contributed by atoms with Crippen molar-refractivity contribution in [3.05, 3.63) is 18.2 Å². The van der Waals surface area contributed by atoms with Crippen LogP contribution >= 0.6 is 0 Å². The van der Waals surface area contributed by atoms with Crippen molar-refractivity contribution in [3.8, 4) is 5.75 Å². The van der Waals surface area contributed by atoms with Gasteiger partial charge in [0.1, 0.15) is 5.75 Å². The predicted molar refractivity (Wildman–Crippen MR) is 66.8 cm³/mol. The zero-order valence-electron chi connectivity index (χ0n) is 9.86. The molecule has 4 nitrogen and oxygen atoms in total. The Morgan fingerprint density at radius 2 is 2.25 bits per heavy atom. The highest BCUT2D eigenvalue weighted by Gasteiger charge is 2.04. The normalized spacial score (nSPS) is 12.2. The summed E-state index contributed by atoms with van der Waals surface area (Å²) in [5.41, 5.74) is 7.29. The highest BCUT2D eigenvalue weighted by atomic mass is 16.5. The number of anilines is 2. The van der Waals surface area contributed by atoms with Crippen LogP contribution in [0.25, 0.3) is 0 Å². The average molecular weight is 224 g/mol. The van der Waals surface area contributed by atoms with Gasteiger partial charge in [-0.3, -0.25) is 0 Å². The number of ether oxygens (including phenoxy) is 1. The van der Waals surface area contributed by atoms with Gasteiger partial charge in [0, 0.05) is 12.6 Å². The van der Waals surface area contributed by atoms with E-state index < -0.39 is 0 Å². The van der Waals surface area contributed by atoms with Crippen LogP contribution in [0, 0.1) is 0 Å². The minimum absolute atomic E-state index is 0.327. The topological polar surface area (TPSA) is 67.5 Å². The van der Waals surface area contributed by atoms with Gasteiger partial charge in [-0.05, 0) is 18.6 Å². The molecule has 4 N–H and O–H groups in total. The summed E-state index contributed by atoms with van der Waals surface area (Å²) in [5, 5.41) is 12.7. The molecule has 0 spiro atoms. The predicted octanol–water partition coefficient (Wildman–Crippen LogP) is 1.85. The molecule has 0 bridgehead atoms. The third-order valence-corrected chi connectivity index (χ3v) is 2.41. The van der Waals surface area contributed by atoms with Gasteiger partial charge in [0.15, 0.2) is 0 Å². The lowest BCUT2D eigenvalue weighted by molar-refractivity contribution is 0.176. The van der Waals surface area contributed by atoms with Crippen molar-refractivity contribution >= 4 is 11.4 Å². The maximum absolute atomic E-state index is 9.57. The van der Waals surface area contributed by atoms with Gasteiger partial charge in [-0.25, -0.2) is 0 Å². The van der Waals surface area contributed by atoms with E-state index in [1.807, 2.05) is 19.1 Å². The second-order valence-corrected chi connectivity index (χ2v) is 3.78. The average Bonchev–Trinajstić information content (AvgIpc) is 2.27. The fraction of sp³-hybridized carbons (Fsp3) is 0.500. The molecule has 0 saturated heterocycles. The first-order valence-electron chi connectivity index (χ1n) is 5.52. The molecule has 0 saturated carbocycles. The van der Waals surface area contributed by atoms with Gasteiger partial charge in [-0.2, -0.15) is 0 Å². The zero-order valence-corrected chi connectivity index (χ0v) is 9.86. The highest BCUT2D eigenvalue weighted by Crippen LogP contribution is 2.23. The number of methoxy groups -OCH3 is 1. The van der Waals surface area contributed by atoms with Crippen molar-refractivity contribution in [1.82, 2.24) is 0 Å². The van der Waals surface area contributed by atoms with Gasteiger partial charge >= 0.3 is 0 Å². The molecule has 1 rings (SSSR count). The number of hydrogen-bond acceptors (Lipinski definition) is 4. The van der Waals surface area contributed by atoms with Crippen LogP contribution in [-0.4, -0.2) is 24.9 Å². The van der Waals surface area contributed by atoms with E-state index in [1.165, 1.54) is 0 Å². The van der Waals surface area contributed by atoms with E-state index in [9.17, 15) is 5.11 Å². The second kappa shape index (κ2) is 6.23. The molecule has 0 aromatic heterocycles. The van der Waals surface area contributed by atoms with Crippen LogP contribution in [0.15, 0.2) is 18.2 Å². The van der Waals surface area contributed by atoms with Crippen LogP contribution in [0.1, 0.15) is 19.8 Å². The maximum atomic E-state index is 9.57. The quantitative estimate of drug-likeness (QED) is 0.645. The molecule has 0 heterocycles. The monoisotopic (exact) mass is 224 g/mol.